The van der Waals surface area contributed by atoms with E-state index in [1.165, 1.54) is 0 Å². The van der Waals surface area contributed by atoms with Gasteiger partial charge in [-0.3, -0.25) is 9.78 Å². The molecule has 2 heterocycles. The fourth-order valence-corrected chi connectivity index (χ4v) is 2.43. The first kappa shape index (κ1) is 13.0. The van der Waals surface area contributed by atoms with Crippen molar-refractivity contribution < 1.29 is 4.79 Å². The van der Waals surface area contributed by atoms with Crippen LogP contribution < -0.4 is 5.32 Å². The minimum atomic E-state index is 0.186. The SMILES string of the molecule is CC(=O)N1CCC(N[C@@H](C)c2ccccn2)CC1. The number of nitrogens with zero attached hydrogens (tertiary/aromatic N) is 2. The summed E-state index contributed by atoms with van der Waals surface area (Å²) in [6, 6.07) is 6.74. The van der Waals surface area contributed by atoms with Crippen LogP contribution in [0.1, 0.15) is 38.4 Å². The van der Waals surface area contributed by atoms with Gasteiger partial charge < -0.3 is 10.2 Å². The second-order valence-corrected chi connectivity index (χ2v) is 4.92. The number of carbonyl (C=O) groups excluding carboxylic acids is 1. The number of hydrogen-bond acceptors (Lipinski definition) is 3. The first-order chi connectivity index (χ1) is 8.66. The molecule has 1 atom stereocenters. The molecule has 4 heteroatoms. The summed E-state index contributed by atoms with van der Waals surface area (Å²) >= 11 is 0. The van der Waals surface area contributed by atoms with E-state index in [1.807, 2.05) is 29.3 Å². The second kappa shape index (κ2) is 5.96. The van der Waals surface area contributed by atoms with Crippen molar-refractivity contribution in [3.8, 4) is 0 Å². The average molecular weight is 247 g/mol. The lowest BCUT2D eigenvalue weighted by molar-refractivity contribution is -0.129. The molecule has 1 N–H and O–H groups in total. The maximum absolute atomic E-state index is 11.2. The van der Waals surface area contributed by atoms with E-state index in [0.717, 1.165) is 31.6 Å². The fraction of sp³-hybridized carbons (Fsp3) is 0.571. The van der Waals surface area contributed by atoms with Crippen LogP contribution in [0.15, 0.2) is 24.4 Å². The van der Waals surface area contributed by atoms with Crippen molar-refractivity contribution in [2.75, 3.05) is 13.1 Å². The quantitative estimate of drug-likeness (QED) is 0.885. The summed E-state index contributed by atoms with van der Waals surface area (Å²) in [5.41, 5.74) is 1.08. The molecule has 1 aromatic rings. The summed E-state index contributed by atoms with van der Waals surface area (Å²) in [4.78, 5) is 17.5. The third-order valence-corrected chi connectivity index (χ3v) is 3.56. The number of piperidine rings is 1. The van der Waals surface area contributed by atoms with Gasteiger partial charge in [-0.2, -0.15) is 0 Å². The predicted molar refractivity (Wildman–Crippen MR) is 71.1 cm³/mol. The van der Waals surface area contributed by atoms with Gasteiger partial charge in [-0.1, -0.05) is 6.07 Å². The lowest BCUT2D eigenvalue weighted by Gasteiger charge is -2.33. The zero-order chi connectivity index (χ0) is 13.0. The Balaban J connectivity index is 1.83. The minimum Gasteiger partial charge on any atom is -0.343 e. The van der Waals surface area contributed by atoms with E-state index in [1.54, 1.807) is 6.92 Å². The molecule has 0 aliphatic carbocycles. The van der Waals surface area contributed by atoms with Crippen LogP contribution in [0.25, 0.3) is 0 Å². The van der Waals surface area contributed by atoms with E-state index in [2.05, 4.69) is 17.2 Å². The fourth-order valence-electron chi connectivity index (χ4n) is 2.43. The lowest BCUT2D eigenvalue weighted by atomic mass is 10.0. The maximum Gasteiger partial charge on any atom is 0.219 e. The third kappa shape index (κ3) is 3.29. The molecule has 0 radical (unpaired) electrons. The monoisotopic (exact) mass is 247 g/mol. The first-order valence-corrected chi connectivity index (χ1v) is 6.59. The number of pyridine rings is 1. The summed E-state index contributed by atoms with van der Waals surface area (Å²) < 4.78 is 0. The van der Waals surface area contributed by atoms with E-state index in [4.69, 9.17) is 0 Å². The van der Waals surface area contributed by atoms with Crippen molar-refractivity contribution in [1.82, 2.24) is 15.2 Å². The Bertz CT molecular complexity index is 385. The van der Waals surface area contributed by atoms with E-state index >= 15 is 0 Å². The number of likely N-dealkylation sites (tertiary alicyclic amines) is 1. The van der Waals surface area contributed by atoms with Gasteiger partial charge in [-0.15, -0.1) is 0 Å². The minimum absolute atomic E-state index is 0.186. The highest BCUT2D eigenvalue weighted by Crippen LogP contribution is 2.15. The molecule has 1 fully saturated rings. The summed E-state index contributed by atoms with van der Waals surface area (Å²) in [6.07, 6.45) is 3.87. The largest absolute Gasteiger partial charge is 0.343 e. The molecule has 1 aliphatic heterocycles. The zero-order valence-corrected chi connectivity index (χ0v) is 11.1. The highest BCUT2D eigenvalue weighted by molar-refractivity contribution is 5.73. The number of amides is 1. The van der Waals surface area contributed by atoms with E-state index in [9.17, 15) is 4.79 Å². The van der Waals surface area contributed by atoms with Crippen LogP contribution in [0.2, 0.25) is 0 Å². The van der Waals surface area contributed by atoms with E-state index in [-0.39, 0.29) is 11.9 Å². The van der Waals surface area contributed by atoms with Crippen LogP contribution in [0.3, 0.4) is 0 Å². The molecular formula is C14H21N3O. The Hall–Kier alpha value is -1.42. The Morgan fingerprint density at radius 3 is 2.72 bits per heavy atom. The van der Waals surface area contributed by atoms with Crippen LogP contribution in [0.4, 0.5) is 0 Å². The molecule has 1 aromatic heterocycles. The molecule has 0 unspecified atom stereocenters. The Kier molecular flexibility index (Phi) is 4.31. The van der Waals surface area contributed by atoms with Gasteiger partial charge in [0, 0.05) is 38.3 Å². The van der Waals surface area contributed by atoms with Gasteiger partial charge in [0.05, 0.1) is 5.69 Å². The van der Waals surface area contributed by atoms with Crippen molar-refractivity contribution in [2.45, 2.75) is 38.8 Å². The van der Waals surface area contributed by atoms with E-state index < -0.39 is 0 Å². The Morgan fingerprint density at radius 1 is 1.44 bits per heavy atom. The Labute approximate surface area is 108 Å². The summed E-state index contributed by atoms with van der Waals surface area (Å²) in [7, 11) is 0. The highest BCUT2D eigenvalue weighted by atomic mass is 16.2. The molecule has 18 heavy (non-hydrogen) atoms. The molecule has 1 saturated heterocycles. The van der Waals surface area contributed by atoms with Crippen LogP contribution in [0.5, 0.6) is 0 Å². The molecule has 0 spiro atoms. The summed E-state index contributed by atoms with van der Waals surface area (Å²) in [6.45, 7) is 5.51. The van der Waals surface area contributed by atoms with Gasteiger partial charge in [-0.25, -0.2) is 0 Å². The molecule has 4 nitrogen and oxygen atoms in total. The standard InChI is InChI=1S/C14H21N3O/c1-11(14-5-3-4-8-15-14)16-13-6-9-17(10-7-13)12(2)18/h3-5,8,11,13,16H,6-7,9-10H2,1-2H3/t11-/m0/s1. The second-order valence-electron chi connectivity index (χ2n) is 4.92. The topological polar surface area (TPSA) is 45.2 Å². The molecule has 0 saturated carbocycles. The first-order valence-electron chi connectivity index (χ1n) is 6.59. The number of rotatable bonds is 3. The number of nitrogens with one attached hydrogen (secondary N) is 1. The van der Waals surface area contributed by atoms with Crippen LogP contribution in [-0.2, 0) is 4.79 Å². The molecule has 2 rings (SSSR count). The molecule has 0 bridgehead atoms. The molecule has 98 valence electrons. The number of carbonyl (C=O) groups is 1. The van der Waals surface area contributed by atoms with Gasteiger partial charge in [0.2, 0.25) is 5.91 Å². The van der Waals surface area contributed by atoms with E-state index in [0.29, 0.717) is 6.04 Å². The van der Waals surface area contributed by atoms with Gasteiger partial charge in [0.15, 0.2) is 0 Å². The molecule has 0 aromatic carbocycles. The van der Waals surface area contributed by atoms with Gasteiger partial charge in [-0.05, 0) is 31.9 Å². The predicted octanol–water partition coefficient (Wildman–Crippen LogP) is 1.74. The van der Waals surface area contributed by atoms with Crippen molar-refractivity contribution >= 4 is 5.91 Å². The number of aromatic nitrogens is 1. The third-order valence-electron chi connectivity index (χ3n) is 3.56. The summed E-state index contributed by atoms with van der Waals surface area (Å²) in [5.74, 6) is 0.186. The van der Waals surface area contributed by atoms with Crippen molar-refractivity contribution in [3.63, 3.8) is 0 Å². The van der Waals surface area contributed by atoms with Crippen molar-refractivity contribution in [2.24, 2.45) is 0 Å². The summed E-state index contributed by atoms with van der Waals surface area (Å²) in [5, 5.41) is 3.59. The van der Waals surface area contributed by atoms with Crippen molar-refractivity contribution in [3.05, 3.63) is 30.1 Å². The maximum atomic E-state index is 11.2. The van der Waals surface area contributed by atoms with Crippen molar-refractivity contribution in [1.29, 1.82) is 0 Å². The van der Waals surface area contributed by atoms with Gasteiger partial charge in [0.25, 0.3) is 0 Å². The molecule has 1 amide bonds. The smallest absolute Gasteiger partial charge is 0.219 e. The zero-order valence-electron chi connectivity index (χ0n) is 11.1. The lowest BCUT2D eigenvalue weighted by Crippen LogP contribution is -2.44. The van der Waals surface area contributed by atoms with Crippen LogP contribution in [0, 0.1) is 0 Å². The van der Waals surface area contributed by atoms with Crippen LogP contribution in [-0.4, -0.2) is 34.9 Å². The molecule has 1 aliphatic rings. The van der Waals surface area contributed by atoms with Crippen LogP contribution >= 0.6 is 0 Å². The van der Waals surface area contributed by atoms with Gasteiger partial charge >= 0.3 is 0 Å². The normalized spacial score (nSPS) is 18.7. The number of hydrogen-bond donors (Lipinski definition) is 1. The highest BCUT2D eigenvalue weighted by Gasteiger charge is 2.22. The average Bonchev–Trinajstić information content (AvgIpc) is 2.40. The Morgan fingerprint density at radius 2 is 2.17 bits per heavy atom. The molecular weight excluding hydrogens is 226 g/mol. The van der Waals surface area contributed by atoms with Gasteiger partial charge in [0.1, 0.15) is 0 Å².